The van der Waals surface area contributed by atoms with Crippen molar-refractivity contribution in [2.24, 2.45) is 0 Å². The van der Waals surface area contributed by atoms with Crippen molar-refractivity contribution in [2.45, 2.75) is 25.3 Å². The van der Waals surface area contributed by atoms with Crippen LogP contribution in [0.2, 0.25) is 0 Å². The van der Waals surface area contributed by atoms with E-state index in [-0.39, 0.29) is 11.6 Å². The smallest absolute Gasteiger partial charge is 0.257 e. The van der Waals surface area contributed by atoms with E-state index in [0.717, 1.165) is 25.3 Å². The van der Waals surface area contributed by atoms with E-state index in [1.165, 1.54) is 12.1 Å². The number of likely N-dealkylation sites (tertiary alicyclic amines) is 1. The molecule has 0 aromatic heterocycles. The minimum Gasteiger partial charge on any atom is -0.334 e. The molecule has 1 aliphatic heterocycles. The predicted molar refractivity (Wildman–Crippen MR) is 65.8 cm³/mol. The second kappa shape index (κ2) is 5.65. The molecule has 1 unspecified atom stereocenters. The second-order valence-corrected chi connectivity index (χ2v) is 4.71. The number of rotatable bonds is 2. The molecular formula is C13H14ClF2NO. The summed E-state index contributed by atoms with van der Waals surface area (Å²) in [4.78, 5) is 13.8. The van der Waals surface area contributed by atoms with Crippen LogP contribution in [0.3, 0.4) is 0 Å². The molecule has 1 atom stereocenters. The highest BCUT2D eigenvalue weighted by Crippen LogP contribution is 2.22. The van der Waals surface area contributed by atoms with E-state index in [9.17, 15) is 13.6 Å². The van der Waals surface area contributed by atoms with E-state index >= 15 is 0 Å². The third kappa shape index (κ3) is 2.48. The maximum Gasteiger partial charge on any atom is 0.257 e. The Morgan fingerprint density at radius 1 is 1.39 bits per heavy atom. The van der Waals surface area contributed by atoms with Gasteiger partial charge in [-0.2, -0.15) is 0 Å². The molecule has 1 aliphatic rings. The second-order valence-electron chi connectivity index (χ2n) is 4.40. The van der Waals surface area contributed by atoms with E-state index in [4.69, 9.17) is 11.6 Å². The highest BCUT2D eigenvalue weighted by Gasteiger charge is 2.28. The van der Waals surface area contributed by atoms with Gasteiger partial charge in [0.05, 0.1) is 5.56 Å². The summed E-state index contributed by atoms with van der Waals surface area (Å²) < 4.78 is 26.7. The summed E-state index contributed by atoms with van der Waals surface area (Å²) in [6.07, 6.45) is 2.69. The number of nitrogens with zero attached hydrogens (tertiary/aromatic N) is 1. The van der Waals surface area contributed by atoms with Crippen molar-refractivity contribution in [3.8, 4) is 0 Å². The first-order valence-electron chi connectivity index (χ1n) is 5.96. The maximum atomic E-state index is 13.6. The van der Waals surface area contributed by atoms with Crippen LogP contribution in [0.1, 0.15) is 29.6 Å². The highest BCUT2D eigenvalue weighted by atomic mass is 35.5. The van der Waals surface area contributed by atoms with E-state index in [1.807, 2.05) is 0 Å². The van der Waals surface area contributed by atoms with Gasteiger partial charge in [-0.3, -0.25) is 4.79 Å². The summed E-state index contributed by atoms with van der Waals surface area (Å²) in [5, 5.41) is 0. The number of piperidine rings is 1. The monoisotopic (exact) mass is 273 g/mol. The van der Waals surface area contributed by atoms with Crippen molar-refractivity contribution in [2.75, 3.05) is 12.4 Å². The highest BCUT2D eigenvalue weighted by molar-refractivity contribution is 6.18. The molecule has 1 aromatic carbocycles. The van der Waals surface area contributed by atoms with Crippen molar-refractivity contribution >= 4 is 17.5 Å². The Hall–Kier alpha value is -1.16. The molecule has 0 saturated carbocycles. The molecule has 2 rings (SSSR count). The van der Waals surface area contributed by atoms with Gasteiger partial charge >= 0.3 is 0 Å². The maximum absolute atomic E-state index is 13.6. The van der Waals surface area contributed by atoms with Crippen molar-refractivity contribution < 1.29 is 13.6 Å². The van der Waals surface area contributed by atoms with Crippen LogP contribution in [0, 0.1) is 11.6 Å². The minimum atomic E-state index is -1.08. The molecule has 1 heterocycles. The fourth-order valence-electron chi connectivity index (χ4n) is 2.25. The van der Waals surface area contributed by atoms with Gasteiger partial charge in [-0.05, 0) is 31.4 Å². The first-order chi connectivity index (χ1) is 8.65. The normalized spacial score (nSPS) is 19.9. The van der Waals surface area contributed by atoms with E-state index in [2.05, 4.69) is 0 Å². The van der Waals surface area contributed by atoms with E-state index in [0.29, 0.717) is 12.4 Å². The molecule has 0 N–H and O–H groups in total. The Kier molecular flexibility index (Phi) is 4.17. The first-order valence-corrected chi connectivity index (χ1v) is 6.49. The molecule has 0 spiro atoms. The molecule has 5 heteroatoms. The van der Waals surface area contributed by atoms with Gasteiger partial charge in [0.25, 0.3) is 5.91 Å². The fraction of sp³-hybridized carbons (Fsp3) is 0.462. The Morgan fingerprint density at radius 2 is 2.17 bits per heavy atom. The molecule has 1 fully saturated rings. The summed E-state index contributed by atoms with van der Waals surface area (Å²) >= 11 is 5.82. The van der Waals surface area contributed by atoms with Crippen LogP contribution in [0.4, 0.5) is 8.78 Å². The third-order valence-corrected chi connectivity index (χ3v) is 3.60. The van der Waals surface area contributed by atoms with Crippen LogP contribution in [0.15, 0.2) is 18.2 Å². The molecule has 98 valence electrons. The van der Waals surface area contributed by atoms with Gasteiger partial charge in [-0.25, -0.2) is 8.78 Å². The largest absolute Gasteiger partial charge is 0.334 e. The van der Waals surface area contributed by atoms with Crippen LogP contribution < -0.4 is 0 Å². The lowest BCUT2D eigenvalue weighted by molar-refractivity contribution is 0.0633. The van der Waals surface area contributed by atoms with Crippen LogP contribution in [-0.4, -0.2) is 29.3 Å². The van der Waals surface area contributed by atoms with Crippen molar-refractivity contribution in [3.63, 3.8) is 0 Å². The van der Waals surface area contributed by atoms with E-state index in [1.54, 1.807) is 4.90 Å². The van der Waals surface area contributed by atoms with E-state index < -0.39 is 17.5 Å². The Morgan fingerprint density at radius 3 is 2.89 bits per heavy atom. The fourth-order valence-corrected chi connectivity index (χ4v) is 2.57. The molecule has 1 saturated heterocycles. The number of amides is 1. The van der Waals surface area contributed by atoms with Crippen LogP contribution in [-0.2, 0) is 0 Å². The quantitative estimate of drug-likeness (QED) is 0.758. The van der Waals surface area contributed by atoms with Gasteiger partial charge in [-0.15, -0.1) is 11.6 Å². The van der Waals surface area contributed by atoms with Gasteiger partial charge in [0.1, 0.15) is 0 Å². The van der Waals surface area contributed by atoms with Crippen molar-refractivity contribution in [1.29, 1.82) is 0 Å². The van der Waals surface area contributed by atoms with Crippen LogP contribution in [0.5, 0.6) is 0 Å². The SMILES string of the molecule is O=C(c1cccc(F)c1F)N1CCCCC1CCl. The summed E-state index contributed by atoms with van der Waals surface area (Å²) in [7, 11) is 0. The number of carbonyl (C=O) groups excluding carboxylic acids is 1. The molecule has 0 aliphatic carbocycles. The zero-order valence-corrected chi connectivity index (χ0v) is 10.6. The standard InChI is InChI=1S/C13H14ClF2NO/c14-8-9-4-1-2-7-17(9)13(18)10-5-3-6-11(15)12(10)16/h3,5-6,9H,1-2,4,7-8H2. The molecule has 18 heavy (non-hydrogen) atoms. The van der Waals surface area contributed by atoms with Gasteiger partial charge in [0.2, 0.25) is 0 Å². The number of hydrogen-bond acceptors (Lipinski definition) is 1. The lowest BCUT2D eigenvalue weighted by Crippen LogP contribution is -2.45. The number of benzene rings is 1. The summed E-state index contributed by atoms with van der Waals surface area (Å²) in [6.45, 7) is 0.548. The van der Waals surface area contributed by atoms with Crippen LogP contribution >= 0.6 is 11.6 Å². The number of carbonyl (C=O) groups is 1. The first kappa shape index (κ1) is 13.3. The number of alkyl halides is 1. The minimum absolute atomic E-state index is 0.0874. The number of hydrogen-bond donors (Lipinski definition) is 0. The molecule has 1 amide bonds. The molecular weight excluding hydrogens is 260 g/mol. The predicted octanol–water partition coefficient (Wildman–Crippen LogP) is 3.20. The summed E-state index contributed by atoms with van der Waals surface area (Å²) in [6, 6.07) is 3.56. The topological polar surface area (TPSA) is 20.3 Å². The molecule has 0 bridgehead atoms. The van der Waals surface area contributed by atoms with Gasteiger partial charge in [0.15, 0.2) is 11.6 Å². The van der Waals surface area contributed by atoms with Gasteiger partial charge in [-0.1, -0.05) is 6.07 Å². The lowest BCUT2D eigenvalue weighted by Gasteiger charge is -2.34. The Balaban J connectivity index is 2.27. The molecule has 2 nitrogen and oxygen atoms in total. The zero-order valence-electron chi connectivity index (χ0n) is 9.83. The number of halogens is 3. The zero-order chi connectivity index (χ0) is 13.1. The summed E-state index contributed by atoms with van der Waals surface area (Å²) in [5.74, 6) is -2.23. The van der Waals surface area contributed by atoms with Gasteiger partial charge in [0, 0.05) is 18.5 Å². The van der Waals surface area contributed by atoms with Crippen LogP contribution in [0.25, 0.3) is 0 Å². The average molecular weight is 274 g/mol. The Bertz CT molecular complexity index is 453. The third-order valence-electron chi connectivity index (χ3n) is 3.25. The average Bonchev–Trinajstić information content (AvgIpc) is 2.41. The molecule has 0 radical (unpaired) electrons. The Labute approximate surface area is 110 Å². The molecule has 1 aromatic rings. The lowest BCUT2D eigenvalue weighted by atomic mass is 10.0. The summed E-state index contributed by atoms with van der Waals surface area (Å²) in [5.41, 5.74) is -0.216. The van der Waals surface area contributed by atoms with Crippen molar-refractivity contribution in [1.82, 2.24) is 4.90 Å². The van der Waals surface area contributed by atoms with Gasteiger partial charge < -0.3 is 4.90 Å². The van der Waals surface area contributed by atoms with Crippen molar-refractivity contribution in [3.05, 3.63) is 35.4 Å².